The predicted molar refractivity (Wildman–Crippen MR) is 115 cm³/mol. The molecule has 0 bridgehead atoms. The number of rotatable bonds is 6. The van der Waals surface area contributed by atoms with Gasteiger partial charge in [-0.3, -0.25) is 4.98 Å². The van der Waals surface area contributed by atoms with Crippen LogP contribution >= 0.6 is 0 Å². The third-order valence-electron chi connectivity index (χ3n) is 3.76. The molecule has 0 amide bonds. The van der Waals surface area contributed by atoms with Gasteiger partial charge in [-0.15, -0.1) is 18.2 Å². The van der Waals surface area contributed by atoms with E-state index in [0.29, 0.717) is 5.69 Å². The van der Waals surface area contributed by atoms with E-state index >= 15 is 0 Å². The van der Waals surface area contributed by atoms with Crippen LogP contribution in [0.5, 0.6) is 0 Å². The molecule has 3 aromatic rings. The maximum Gasteiger partial charge on any atom is 3.00 e. The van der Waals surface area contributed by atoms with Gasteiger partial charge in [-0.1, -0.05) is 64.3 Å². The number of pyridine rings is 2. The molecule has 3 rings (SSSR count). The number of nitriles is 1. The molecule has 0 aromatic carbocycles. The summed E-state index contributed by atoms with van der Waals surface area (Å²) in [7, 11) is 0. The van der Waals surface area contributed by atoms with Gasteiger partial charge < -0.3 is 25.0 Å². The number of nitrogens with zero attached hydrogens (tertiary/aromatic N) is 8. The van der Waals surface area contributed by atoms with Gasteiger partial charge in [0.05, 0.1) is 0 Å². The molecule has 0 unspecified atom stereocenters. The van der Waals surface area contributed by atoms with Gasteiger partial charge in [0.2, 0.25) is 0 Å². The van der Waals surface area contributed by atoms with Crippen LogP contribution in [-0.4, -0.2) is 31.6 Å². The van der Waals surface area contributed by atoms with Crippen LogP contribution in [0.2, 0.25) is 0 Å². The Morgan fingerprint density at radius 3 is 2.30 bits per heavy atom. The summed E-state index contributed by atoms with van der Waals surface area (Å²) in [5.74, 6) is -1.60. The van der Waals surface area contributed by atoms with Gasteiger partial charge in [0.25, 0.3) is 5.82 Å². The predicted octanol–water partition coefficient (Wildman–Crippen LogP) is 5.55. The number of imidazole rings is 1. The van der Waals surface area contributed by atoms with Crippen molar-refractivity contribution in [2.24, 2.45) is 0 Å². The van der Waals surface area contributed by atoms with Crippen LogP contribution in [0, 0.1) is 35.9 Å². The van der Waals surface area contributed by atoms with Gasteiger partial charge in [-0.2, -0.15) is 5.26 Å². The first-order valence-electron chi connectivity index (χ1n) is 9.66. The SMILES string of the molecule is Fc1c[c-]c(-c2ccccn2)c(F)n1.[C-]#[N+]c1c(C#N)ncn1C([N-]C(C)C)[N-]C(C)C.[Ir+3]. The number of hydrogen-bond donors (Lipinski definition) is 0. The minimum Gasteiger partial charge on any atom is -0.640 e. The van der Waals surface area contributed by atoms with Crippen molar-refractivity contribution in [2.45, 2.75) is 46.1 Å². The Balaban J connectivity index is 0.000000328. The van der Waals surface area contributed by atoms with E-state index in [0.717, 1.165) is 6.07 Å². The summed E-state index contributed by atoms with van der Waals surface area (Å²) in [6.45, 7) is 14.9. The van der Waals surface area contributed by atoms with Crippen LogP contribution in [0.4, 0.5) is 14.6 Å². The molecular weight excluding hydrogens is 607 g/mol. The Hall–Kier alpha value is -3.08. The van der Waals surface area contributed by atoms with Gasteiger partial charge in [0, 0.05) is 6.20 Å². The molecule has 11 heteroatoms. The molecule has 0 aliphatic heterocycles. The Bertz CT molecular complexity index is 1090. The molecule has 0 spiro atoms. The van der Waals surface area contributed by atoms with Gasteiger partial charge >= 0.3 is 20.1 Å². The van der Waals surface area contributed by atoms with E-state index in [1.54, 1.807) is 22.8 Å². The Morgan fingerprint density at radius 1 is 1.15 bits per heavy atom. The van der Waals surface area contributed by atoms with Crippen LogP contribution in [0.1, 0.15) is 39.7 Å². The number of halogens is 2. The van der Waals surface area contributed by atoms with Gasteiger partial charge in [0.15, 0.2) is 12.0 Å². The maximum atomic E-state index is 13.1. The summed E-state index contributed by atoms with van der Waals surface area (Å²) in [4.78, 5) is 14.2. The first-order chi connectivity index (χ1) is 15.3. The first kappa shape index (κ1) is 28.0. The molecule has 0 N–H and O–H groups in total. The van der Waals surface area contributed by atoms with E-state index in [1.165, 1.54) is 12.5 Å². The fourth-order valence-corrected chi connectivity index (χ4v) is 2.49. The topological polar surface area (TPSA) is 99.9 Å². The van der Waals surface area contributed by atoms with E-state index < -0.39 is 18.2 Å². The van der Waals surface area contributed by atoms with Crippen LogP contribution in [0.15, 0.2) is 36.8 Å². The third kappa shape index (κ3) is 8.08. The van der Waals surface area contributed by atoms with Crippen molar-refractivity contribution < 1.29 is 28.9 Å². The van der Waals surface area contributed by atoms with Crippen molar-refractivity contribution in [2.75, 3.05) is 0 Å². The zero-order valence-electron chi connectivity index (χ0n) is 18.4. The summed E-state index contributed by atoms with van der Waals surface area (Å²) in [6.07, 6.45) is 2.48. The van der Waals surface area contributed by atoms with E-state index in [-0.39, 0.29) is 49.3 Å². The van der Waals surface area contributed by atoms with Crippen molar-refractivity contribution in [1.82, 2.24) is 19.5 Å². The second-order valence-electron chi connectivity index (χ2n) is 6.98. The van der Waals surface area contributed by atoms with E-state index in [4.69, 9.17) is 11.8 Å². The quantitative estimate of drug-likeness (QED) is 0.265. The molecule has 0 atom stereocenters. The van der Waals surface area contributed by atoms with Gasteiger partial charge in [-0.05, 0) is 11.8 Å². The van der Waals surface area contributed by atoms with Crippen LogP contribution in [0.3, 0.4) is 0 Å². The average Bonchev–Trinajstić information content (AvgIpc) is 3.17. The molecule has 0 aliphatic carbocycles. The smallest absolute Gasteiger partial charge is 0.640 e. The Kier molecular flexibility index (Phi) is 11.4. The molecule has 3 heterocycles. The fraction of sp³-hybridized carbons (Fsp3) is 0.318. The summed E-state index contributed by atoms with van der Waals surface area (Å²) < 4.78 is 27.1. The minimum absolute atomic E-state index is 0. The summed E-state index contributed by atoms with van der Waals surface area (Å²) in [5, 5.41) is 17.8. The molecule has 33 heavy (non-hydrogen) atoms. The monoisotopic (exact) mass is 628 g/mol. The Morgan fingerprint density at radius 2 is 1.82 bits per heavy atom. The summed E-state index contributed by atoms with van der Waals surface area (Å²) in [5.41, 5.74) is 0.581. The molecule has 0 saturated carbocycles. The molecule has 0 saturated heterocycles. The zero-order chi connectivity index (χ0) is 23.7. The molecule has 0 radical (unpaired) electrons. The van der Waals surface area contributed by atoms with Gasteiger partial charge in [-0.25, -0.2) is 13.8 Å². The first-order valence-corrected chi connectivity index (χ1v) is 9.66. The van der Waals surface area contributed by atoms with Crippen molar-refractivity contribution in [1.29, 1.82) is 5.26 Å². The summed E-state index contributed by atoms with van der Waals surface area (Å²) >= 11 is 0. The van der Waals surface area contributed by atoms with Crippen molar-refractivity contribution in [3.8, 4) is 17.3 Å². The van der Waals surface area contributed by atoms with Crippen LogP contribution < -0.4 is 0 Å². The fourth-order valence-electron chi connectivity index (χ4n) is 2.49. The second-order valence-corrected chi connectivity index (χ2v) is 6.98. The minimum atomic E-state index is -0.899. The molecule has 3 aromatic heterocycles. The standard InChI is InChI=1S/C12H16N6.C10H5F2N2.Ir/c1-8(2)16-12(17-9(3)4)18-7-15-10(6-13)11(18)14-5;11-9-5-4-7(10(12)14-9)8-3-1-2-6-13-8;/h7-9,12H,1-4H3;1-3,5-6H;/q-2;-1;+3. The third-order valence-corrected chi connectivity index (χ3v) is 3.76. The van der Waals surface area contributed by atoms with Crippen LogP contribution in [0.25, 0.3) is 26.7 Å². The number of aromatic nitrogens is 4. The van der Waals surface area contributed by atoms with E-state index in [1.807, 2.05) is 33.8 Å². The molecule has 0 fully saturated rings. The van der Waals surface area contributed by atoms with Crippen molar-refractivity contribution >= 4 is 5.82 Å². The van der Waals surface area contributed by atoms with Crippen molar-refractivity contribution in [3.05, 3.63) is 82.5 Å². The molecule has 8 nitrogen and oxygen atoms in total. The van der Waals surface area contributed by atoms with Crippen molar-refractivity contribution in [3.63, 3.8) is 0 Å². The van der Waals surface area contributed by atoms with Gasteiger partial charge in [0.1, 0.15) is 18.0 Å². The Labute approximate surface area is 205 Å². The summed E-state index contributed by atoms with van der Waals surface area (Å²) in [6, 6.07) is 10.5. The molecule has 0 aliphatic rings. The molecule has 172 valence electrons. The molecular formula is C22H21F2IrN8. The number of hydrogen-bond acceptors (Lipinski definition) is 4. The van der Waals surface area contributed by atoms with Crippen LogP contribution in [-0.2, 0) is 20.1 Å². The largest absolute Gasteiger partial charge is 3.00 e. The zero-order valence-corrected chi connectivity index (χ0v) is 20.8. The average molecular weight is 628 g/mol. The maximum absolute atomic E-state index is 13.1. The van der Waals surface area contributed by atoms with E-state index in [2.05, 4.69) is 36.5 Å². The second kappa shape index (κ2) is 13.5. The normalized spacial score (nSPS) is 10.3. The van der Waals surface area contributed by atoms with E-state index in [9.17, 15) is 8.78 Å².